The van der Waals surface area contributed by atoms with Crippen molar-refractivity contribution in [1.29, 1.82) is 0 Å². The van der Waals surface area contributed by atoms with Gasteiger partial charge in [-0.15, -0.1) is 11.3 Å². The molecule has 0 aromatic carbocycles. The van der Waals surface area contributed by atoms with Crippen molar-refractivity contribution >= 4 is 16.5 Å². The highest BCUT2D eigenvalue weighted by atomic mass is 32.1. The molecule has 1 aromatic heterocycles. The summed E-state index contributed by atoms with van der Waals surface area (Å²) in [7, 11) is 2.01. The molecule has 3 rings (SSSR count). The topological polar surface area (TPSA) is 37.4 Å². The summed E-state index contributed by atoms with van der Waals surface area (Å²) in [5, 5.41) is 4.45. The van der Waals surface area contributed by atoms with Crippen molar-refractivity contribution in [2.24, 2.45) is 0 Å². The second kappa shape index (κ2) is 5.15. The average Bonchev–Trinajstić information content (AvgIpc) is 3.12. The molecule has 0 spiro atoms. The number of nitrogens with one attached hydrogen (secondary N) is 1. The molecule has 5 heteroatoms. The lowest BCUT2D eigenvalue weighted by molar-refractivity contribution is 0.0532. The van der Waals surface area contributed by atoms with E-state index in [4.69, 9.17) is 9.72 Å². The van der Waals surface area contributed by atoms with Crippen molar-refractivity contribution in [2.45, 2.75) is 38.3 Å². The Kier molecular flexibility index (Phi) is 3.54. The third kappa shape index (κ3) is 2.53. The minimum atomic E-state index is 0.319. The number of morpholine rings is 1. The van der Waals surface area contributed by atoms with E-state index in [1.54, 1.807) is 0 Å². The quantitative estimate of drug-likeness (QED) is 0.905. The number of hydrogen-bond acceptors (Lipinski definition) is 5. The van der Waals surface area contributed by atoms with Crippen LogP contribution in [0.15, 0.2) is 0 Å². The zero-order valence-corrected chi connectivity index (χ0v) is 11.9. The van der Waals surface area contributed by atoms with Crippen LogP contribution in [-0.4, -0.2) is 37.8 Å². The Bertz CT molecular complexity index is 416. The van der Waals surface area contributed by atoms with Gasteiger partial charge in [0.15, 0.2) is 5.13 Å². The van der Waals surface area contributed by atoms with Gasteiger partial charge >= 0.3 is 0 Å². The molecule has 18 heavy (non-hydrogen) atoms. The summed E-state index contributed by atoms with van der Waals surface area (Å²) >= 11 is 1.86. The number of hydrogen-bond donors (Lipinski definition) is 1. The maximum atomic E-state index is 5.60. The Morgan fingerprint density at radius 2 is 2.33 bits per heavy atom. The Balaban J connectivity index is 1.80. The summed E-state index contributed by atoms with van der Waals surface area (Å²) in [6, 6.07) is 0. The van der Waals surface area contributed by atoms with Gasteiger partial charge in [0.05, 0.1) is 18.4 Å². The van der Waals surface area contributed by atoms with E-state index in [1.807, 2.05) is 18.4 Å². The standard InChI is InChI=1S/C13H21N3OS/c1-9-8-16(5-6-17-9)13-15-12(10-3-4-10)11(18-13)7-14-2/h9-10,14H,3-8H2,1-2H3. The van der Waals surface area contributed by atoms with E-state index in [1.165, 1.54) is 28.5 Å². The van der Waals surface area contributed by atoms with Crippen LogP contribution in [0.4, 0.5) is 5.13 Å². The molecular formula is C13H21N3OS. The number of aromatic nitrogens is 1. The van der Waals surface area contributed by atoms with Crippen molar-refractivity contribution in [2.75, 3.05) is 31.6 Å². The van der Waals surface area contributed by atoms with Crippen LogP contribution >= 0.6 is 11.3 Å². The van der Waals surface area contributed by atoms with Gasteiger partial charge in [-0.25, -0.2) is 4.98 Å². The van der Waals surface area contributed by atoms with Crippen molar-refractivity contribution in [1.82, 2.24) is 10.3 Å². The summed E-state index contributed by atoms with van der Waals surface area (Å²) in [4.78, 5) is 8.70. The highest BCUT2D eigenvalue weighted by Crippen LogP contribution is 2.44. The first kappa shape index (κ1) is 12.4. The number of rotatable bonds is 4. The van der Waals surface area contributed by atoms with Crippen LogP contribution in [0.2, 0.25) is 0 Å². The average molecular weight is 267 g/mol. The normalized spacial score (nSPS) is 24.6. The van der Waals surface area contributed by atoms with Gasteiger partial charge in [0.25, 0.3) is 0 Å². The van der Waals surface area contributed by atoms with Crippen LogP contribution in [0.3, 0.4) is 0 Å². The first-order valence-corrected chi connectivity index (χ1v) is 7.60. The molecule has 2 aliphatic rings. The number of thiazole rings is 1. The van der Waals surface area contributed by atoms with E-state index in [-0.39, 0.29) is 0 Å². The summed E-state index contributed by atoms with van der Waals surface area (Å²) in [6.45, 7) is 5.85. The maximum absolute atomic E-state index is 5.60. The number of nitrogens with zero attached hydrogens (tertiary/aromatic N) is 2. The van der Waals surface area contributed by atoms with E-state index < -0.39 is 0 Å². The molecule has 100 valence electrons. The van der Waals surface area contributed by atoms with Crippen molar-refractivity contribution in [3.63, 3.8) is 0 Å². The highest BCUT2D eigenvalue weighted by Gasteiger charge is 2.31. The van der Waals surface area contributed by atoms with Gasteiger partial charge in [0.2, 0.25) is 0 Å². The molecule has 0 radical (unpaired) electrons. The second-order valence-electron chi connectivity index (χ2n) is 5.24. The van der Waals surface area contributed by atoms with E-state index in [0.717, 1.165) is 32.2 Å². The molecule has 0 amide bonds. The van der Waals surface area contributed by atoms with Gasteiger partial charge in [-0.05, 0) is 26.8 Å². The molecule has 2 fully saturated rings. The van der Waals surface area contributed by atoms with Crippen LogP contribution in [0, 0.1) is 0 Å². The van der Waals surface area contributed by atoms with Crippen LogP contribution in [0.5, 0.6) is 0 Å². The second-order valence-corrected chi connectivity index (χ2v) is 6.30. The Hall–Kier alpha value is -0.650. The SMILES string of the molecule is CNCc1sc(N2CCOC(C)C2)nc1C1CC1. The molecule has 1 atom stereocenters. The van der Waals surface area contributed by atoms with Crippen LogP contribution in [0.1, 0.15) is 36.3 Å². The molecule has 1 N–H and O–H groups in total. The molecule has 1 aromatic rings. The summed E-state index contributed by atoms with van der Waals surface area (Å²) in [5.74, 6) is 0.733. The molecule has 1 unspecified atom stereocenters. The van der Waals surface area contributed by atoms with Gasteiger partial charge in [0.1, 0.15) is 0 Å². The lowest BCUT2D eigenvalue weighted by Gasteiger charge is -2.30. The largest absolute Gasteiger partial charge is 0.375 e. The van der Waals surface area contributed by atoms with Gasteiger partial charge in [-0.1, -0.05) is 0 Å². The van der Waals surface area contributed by atoms with Gasteiger partial charge in [-0.3, -0.25) is 0 Å². The zero-order chi connectivity index (χ0) is 12.5. The Morgan fingerprint density at radius 3 is 3.00 bits per heavy atom. The fraction of sp³-hybridized carbons (Fsp3) is 0.769. The third-order valence-electron chi connectivity index (χ3n) is 3.53. The number of ether oxygens (including phenoxy) is 1. The first-order valence-electron chi connectivity index (χ1n) is 6.78. The van der Waals surface area contributed by atoms with Gasteiger partial charge in [-0.2, -0.15) is 0 Å². The molecule has 1 aliphatic carbocycles. The predicted octanol–water partition coefficient (Wildman–Crippen LogP) is 1.97. The van der Waals surface area contributed by atoms with Crippen molar-refractivity contribution < 1.29 is 4.74 Å². The first-order chi connectivity index (χ1) is 8.78. The Morgan fingerprint density at radius 1 is 1.50 bits per heavy atom. The zero-order valence-electron chi connectivity index (χ0n) is 11.1. The highest BCUT2D eigenvalue weighted by molar-refractivity contribution is 7.15. The summed E-state index contributed by atoms with van der Waals surface area (Å²) < 4.78 is 5.60. The smallest absolute Gasteiger partial charge is 0.186 e. The van der Waals surface area contributed by atoms with E-state index in [9.17, 15) is 0 Å². The molecule has 0 bridgehead atoms. The lowest BCUT2D eigenvalue weighted by atomic mass is 10.2. The molecule has 1 saturated heterocycles. The van der Waals surface area contributed by atoms with Gasteiger partial charge < -0.3 is 15.0 Å². The lowest BCUT2D eigenvalue weighted by Crippen LogP contribution is -2.41. The summed E-state index contributed by atoms with van der Waals surface area (Å²) in [5.41, 5.74) is 1.35. The fourth-order valence-electron chi connectivity index (χ4n) is 2.44. The van der Waals surface area contributed by atoms with Crippen LogP contribution in [0.25, 0.3) is 0 Å². The maximum Gasteiger partial charge on any atom is 0.186 e. The van der Waals surface area contributed by atoms with E-state index >= 15 is 0 Å². The molecule has 1 aliphatic heterocycles. The molecule has 1 saturated carbocycles. The van der Waals surface area contributed by atoms with Crippen LogP contribution < -0.4 is 10.2 Å². The number of anilines is 1. The molecular weight excluding hydrogens is 246 g/mol. The van der Waals surface area contributed by atoms with Crippen molar-refractivity contribution in [3.05, 3.63) is 10.6 Å². The minimum absolute atomic E-state index is 0.319. The summed E-state index contributed by atoms with van der Waals surface area (Å²) in [6.07, 6.45) is 2.96. The minimum Gasteiger partial charge on any atom is -0.375 e. The van der Waals surface area contributed by atoms with Gasteiger partial charge in [0, 0.05) is 30.4 Å². The molecule has 4 nitrogen and oxygen atoms in total. The van der Waals surface area contributed by atoms with Crippen molar-refractivity contribution in [3.8, 4) is 0 Å². The van der Waals surface area contributed by atoms with E-state index in [2.05, 4.69) is 17.1 Å². The van der Waals surface area contributed by atoms with E-state index in [0.29, 0.717) is 6.10 Å². The van der Waals surface area contributed by atoms with Crippen LogP contribution in [-0.2, 0) is 11.3 Å². The molecule has 2 heterocycles. The monoisotopic (exact) mass is 267 g/mol. The predicted molar refractivity (Wildman–Crippen MR) is 74.5 cm³/mol. The fourth-order valence-corrected chi connectivity index (χ4v) is 3.63. The third-order valence-corrected chi connectivity index (χ3v) is 4.66. The Labute approximate surface area is 112 Å².